The van der Waals surface area contributed by atoms with Gasteiger partial charge >= 0.3 is 12.1 Å². The molecule has 1 N–H and O–H groups in total. The number of ether oxygens (including phenoxy) is 3. The van der Waals surface area contributed by atoms with E-state index in [0.29, 0.717) is 36.5 Å². The van der Waals surface area contributed by atoms with Crippen LogP contribution in [0.2, 0.25) is 0 Å². The molecule has 1 aliphatic rings. The van der Waals surface area contributed by atoms with Gasteiger partial charge in [-0.25, -0.2) is 4.79 Å². The van der Waals surface area contributed by atoms with E-state index in [1.807, 2.05) is 20.8 Å². The first-order valence-corrected chi connectivity index (χ1v) is 15.8. The zero-order valence-corrected chi connectivity index (χ0v) is 29.7. The van der Waals surface area contributed by atoms with Crippen LogP contribution in [-0.2, 0) is 47.0 Å². The summed E-state index contributed by atoms with van der Waals surface area (Å²) in [4.78, 5) is 24.0. The maximum Gasteiger partial charge on any atom is 0.379 e. The Morgan fingerprint density at radius 3 is 2.41 bits per heavy atom. The molecule has 1 unspecified atom stereocenters. The van der Waals surface area contributed by atoms with Crippen molar-refractivity contribution >= 4 is 29.4 Å². The number of likely N-dealkylation sites (N-methyl/N-ethyl adjacent to an activating group) is 1. The number of nitrogens with one attached hydrogen (secondary N) is 1. The van der Waals surface area contributed by atoms with Crippen molar-refractivity contribution in [2.24, 2.45) is 0 Å². The molecule has 1 aliphatic heterocycles. The number of aromatic nitrogens is 2. The molecule has 1 aromatic heterocycles. The van der Waals surface area contributed by atoms with Crippen LogP contribution < -0.4 is 10.1 Å². The van der Waals surface area contributed by atoms with E-state index < -0.39 is 11.7 Å². The Labute approximate surface area is 277 Å². The molecule has 1 aromatic rings. The fourth-order valence-electron chi connectivity index (χ4n) is 4.57. The number of quaternary nitrogens is 1. The summed E-state index contributed by atoms with van der Waals surface area (Å²) in [7, 11) is 2.05. The van der Waals surface area contributed by atoms with E-state index in [-0.39, 0.29) is 38.7 Å². The van der Waals surface area contributed by atoms with Gasteiger partial charge in [-0.15, -0.1) is 4.37 Å². The molecular weight excluding hydrogens is 617 g/mol. The Morgan fingerprint density at radius 2 is 1.71 bits per heavy atom. The quantitative estimate of drug-likeness (QED) is 0.0731. The summed E-state index contributed by atoms with van der Waals surface area (Å²) >= 11 is 1.17. The summed E-state index contributed by atoms with van der Waals surface area (Å²) in [6, 6.07) is 0. The number of hydrogen-bond donors (Lipinski definition) is 1. The normalized spacial score (nSPS) is 16.9. The number of rotatable bonds is 19. The predicted molar refractivity (Wildman–Crippen MR) is 160 cm³/mol. The Balaban J connectivity index is 0.00000840. The predicted octanol–water partition coefficient (Wildman–Crippen LogP) is 7.04. The summed E-state index contributed by atoms with van der Waals surface area (Å²) < 4.78 is 26.1. The maximum absolute atomic E-state index is 12.3. The van der Waals surface area contributed by atoms with Crippen LogP contribution in [0.3, 0.4) is 0 Å². The molecule has 2 rings (SSSR count). The number of esters is 1. The van der Waals surface area contributed by atoms with Gasteiger partial charge in [0, 0.05) is 71.4 Å². The van der Waals surface area contributed by atoms with Gasteiger partial charge in [-0.1, -0.05) is 64.4 Å². The number of unbranched alkanes of at least 4 members (excludes halogenated alkanes) is 9. The van der Waals surface area contributed by atoms with E-state index in [0.717, 1.165) is 82.0 Å². The second-order valence-electron chi connectivity index (χ2n) is 12.0. The van der Waals surface area contributed by atoms with Crippen LogP contribution in [-0.4, -0.2) is 64.2 Å². The number of carbonyl (C=O) groups is 2. The minimum absolute atomic E-state index is 0. The zero-order chi connectivity index (χ0) is 29.3. The number of hydrogen-bond acceptors (Lipinski definition) is 8. The molecule has 1 radical (unpaired) electrons. The fourth-order valence-corrected chi connectivity index (χ4v) is 5.11. The zero-order valence-electron chi connectivity index (χ0n) is 26.0. The molecule has 2 heterocycles. The molecule has 9 nitrogen and oxygen atoms in total. The average molecular weight is 670 g/mol. The van der Waals surface area contributed by atoms with E-state index in [1.54, 1.807) is 6.73 Å². The summed E-state index contributed by atoms with van der Waals surface area (Å²) in [5.74, 6) is 0.501. The largest absolute Gasteiger partial charge is 0.565 e. The molecule has 0 saturated carbocycles. The van der Waals surface area contributed by atoms with Gasteiger partial charge in [-0.3, -0.25) is 4.79 Å². The molecule has 0 fully saturated rings. The fraction of sp³-hybridized carbons (Fsp3) is 0.767. The third-order valence-corrected chi connectivity index (χ3v) is 7.23. The molecule has 0 aliphatic carbocycles. The molecule has 0 spiro atoms. The van der Waals surface area contributed by atoms with E-state index in [4.69, 9.17) is 14.2 Å². The first kappa shape index (κ1) is 37.9. The van der Waals surface area contributed by atoms with Gasteiger partial charge in [0.15, 0.2) is 0 Å². The van der Waals surface area contributed by atoms with Crippen LogP contribution in [0.25, 0.3) is 5.57 Å². The topological polar surface area (TPSA) is 99.6 Å². The first-order valence-electron chi connectivity index (χ1n) is 15.1. The van der Waals surface area contributed by atoms with Gasteiger partial charge < -0.3 is 24.0 Å². The van der Waals surface area contributed by atoms with Crippen molar-refractivity contribution < 1.29 is 61.0 Å². The van der Waals surface area contributed by atoms with Crippen molar-refractivity contribution in [1.82, 2.24) is 14.1 Å². The van der Waals surface area contributed by atoms with Gasteiger partial charge in [-0.05, 0) is 40.0 Å². The third kappa shape index (κ3) is 17.0. The molecule has 11 heteroatoms. The standard InChI is InChI=1S/C30H52N4O5S.Y/c1-6-7-8-16-22-37-28-27(32-40-33-28)25-18-17-21-34(5,23-25)24-38-29(36)31-20-15-13-11-9-10-12-14-19-26(35)39-30(2,3)4;/h18,24H,6-17,19-23H2,1-5H3,(H,31,36);. The van der Waals surface area contributed by atoms with Gasteiger partial charge in [0.25, 0.3) is 5.88 Å². The maximum atomic E-state index is 12.3. The molecule has 1 atom stereocenters. The van der Waals surface area contributed by atoms with Crippen LogP contribution in [0.5, 0.6) is 5.88 Å². The Hall–Kier alpha value is -1.10. The summed E-state index contributed by atoms with van der Waals surface area (Å²) in [5.41, 5.74) is 1.48. The van der Waals surface area contributed by atoms with E-state index in [1.165, 1.54) is 24.6 Å². The molecular formula is C30H52N4O5SY. The van der Waals surface area contributed by atoms with Gasteiger partial charge in [-0.2, -0.15) is 4.37 Å². The second-order valence-corrected chi connectivity index (χ2v) is 12.5. The van der Waals surface area contributed by atoms with Crippen LogP contribution in [0.15, 0.2) is 6.08 Å². The van der Waals surface area contributed by atoms with Crippen LogP contribution in [0.4, 0.5) is 4.79 Å². The molecule has 231 valence electrons. The minimum Gasteiger partial charge on any atom is -0.565 e. The number of amides is 1. The Bertz CT molecular complexity index is 921. The first-order chi connectivity index (χ1) is 19.1. The smallest absolute Gasteiger partial charge is 0.379 e. The van der Waals surface area contributed by atoms with Crippen molar-refractivity contribution in [3.05, 3.63) is 18.5 Å². The van der Waals surface area contributed by atoms with Crippen molar-refractivity contribution in [3.8, 4) is 5.88 Å². The summed E-state index contributed by atoms with van der Waals surface area (Å²) in [5, 5.41) is 2.86. The van der Waals surface area contributed by atoms with E-state index in [2.05, 4.69) is 34.1 Å². The monoisotopic (exact) mass is 669 g/mol. The SMILES string of the molecule is CCCCCCOc1nsnc1C1=CCC[N+](C)([CH-]OC(=O)NCCCCCCCCCC(=O)OC(C)(C)C)C1.[Y]. The molecule has 0 aromatic carbocycles. The van der Waals surface area contributed by atoms with Gasteiger partial charge in [0.05, 0.1) is 31.4 Å². The van der Waals surface area contributed by atoms with Gasteiger partial charge in [0.2, 0.25) is 0 Å². The van der Waals surface area contributed by atoms with E-state index >= 15 is 0 Å². The van der Waals surface area contributed by atoms with Crippen LogP contribution in [0, 0.1) is 6.73 Å². The summed E-state index contributed by atoms with van der Waals surface area (Å²) in [6.07, 6.45) is 15.0. The van der Waals surface area contributed by atoms with Crippen molar-refractivity contribution in [2.45, 2.75) is 117 Å². The van der Waals surface area contributed by atoms with Crippen molar-refractivity contribution in [3.63, 3.8) is 0 Å². The number of carbonyl (C=O) groups excluding carboxylic acids is 2. The molecule has 0 bridgehead atoms. The second kappa shape index (κ2) is 20.7. The summed E-state index contributed by atoms with van der Waals surface area (Å²) in [6.45, 7) is 12.3. The Kier molecular flexibility index (Phi) is 19.2. The van der Waals surface area contributed by atoms with Crippen molar-refractivity contribution in [2.75, 3.05) is 33.3 Å². The van der Waals surface area contributed by atoms with E-state index in [9.17, 15) is 9.59 Å². The molecule has 41 heavy (non-hydrogen) atoms. The van der Waals surface area contributed by atoms with Crippen LogP contribution >= 0.6 is 11.7 Å². The van der Waals surface area contributed by atoms with Crippen molar-refractivity contribution in [1.29, 1.82) is 0 Å². The van der Waals surface area contributed by atoms with Crippen LogP contribution in [0.1, 0.15) is 117 Å². The Morgan fingerprint density at radius 1 is 1.02 bits per heavy atom. The minimum atomic E-state index is -0.413. The van der Waals surface area contributed by atoms with Gasteiger partial charge in [0.1, 0.15) is 11.3 Å². The average Bonchev–Trinajstić information content (AvgIpc) is 3.36. The number of alkyl carbamates (subject to hydrolysis) is 1. The number of nitrogens with zero attached hydrogens (tertiary/aromatic N) is 3. The third-order valence-electron chi connectivity index (χ3n) is 6.72. The molecule has 1 amide bonds. The molecule has 0 saturated heterocycles.